The van der Waals surface area contributed by atoms with E-state index in [2.05, 4.69) is 15.5 Å². The molecule has 0 bridgehead atoms. The molecule has 0 aliphatic carbocycles. The fourth-order valence-corrected chi connectivity index (χ4v) is 5.07. The minimum absolute atomic E-state index is 0. The molecule has 40 heavy (non-hydrogen) atoms. The third-order valence-corrected chi connectivity index (χ3v) is 7.26. The molecule has 202 valence electrons. The number of azo groups is 1. The molecule has 0 radical (unpaired) electrons. The number of nitrogens with one attached hydrogen (secondary N) is 1. The van der Waals surface area contributed by atoms with Gasteiger partial charge in [0, 0.05) is 22.0 Å². The van der Waals surface area contributed by atoms with Crippen molar-refractivity contribution in [3.05, 3.63) is 81.8 Å². The number of hydrogen-bond donors (Lipinski definition) is 2. The van der Waals surface area contributed by atoms with Crippen LogP contribution in [0.1, 0.15) is 29.8 Å². The fraction of sp³-hybridized carbons (Fsp3) is 0.148. The third kappa shape index (κ3) is 6.95. The van der Waals surface area contributed by atoms with Gasteiger partial charge in [-0.1, -0.05) is 60.1 Å². The number of halogens is 2. The molecule has 0 saturated carbocycles. The van der Waals surface area contributed by atoms with Gasteiger partial charge in [-0.05, 0) is 54.6 Å². The SMILES string of the molecule is CCOc1ccc(NC(=O)c2cc3ccccc3c(N=Nc3cc(S(=O)(=O)O)cc(Cl)c3CC)c2[O-])c(Cl)c1.[Na+]. The van der Waals surface area contributed by atoms with E-state index in [-0.39, 0.29) is 62.2 Å². The van der Waals surface area contributed by atoms with Gasteiger partial charge in [0.05, 0.1) is 33.6 Å². The van der Waals surface area contributed by atoms with Gasteiger partial charge >= 0.3 is 29.6 Å². The first-order valence-corrected chi connectivity index (χ1v) is 13.9. The van der Waals surface area contributed by atoms with E-state index >= 15 is 0 Å². The second kappa shape index (κ2) is 13.3. The Morgan fingerprint density at radius 1 is 1.02 bits per heavy atom. The van der Waals surface area contributed by atoms with Crippen LogP contribution in [-0.4, -0.2) is 25.5 Å². The molecule has 0 spiro atoms. The predicted molar refractivity (Wildman–Crippen MR) is 149 cm³/mol. The molecule has 0 unspecified atom stereocenters. The summed E-state index contributed by atoms with van der Waals surface area (Å²) in [7, 11) is -4.58. The van der Waals surface area contributed by atoms with Crippen LogP contribution in [0.3, 0.4) is 0 Å². The summed E-state index contributed by atoms with van der Waals surface area (Å²) >= 11 is 12.5. The van der Waals surface area contributed by atoms with Gasteiger partial charge in [0.25, 0.3) is 16.0 Å². The number of fused-ring (bicyclic) bond motifs is 1. The van der Waals surface area contributed by atoms with E-state index in [1.54, 1.807) is 49.4 Å². The molecule has 4 aromatic carbocycles. The summed E-state index contributed by atoms with van der Waals surface area (Å²) in [5, 5.41) is 25.6. The molecule has 0 aromatic heterocycles. The van der Waals surface area contributed by atoms with E-state index in [1.807, 2.05) is 6.92 Å². The first-order valence-electron chi connectivity index (χ1n) is 11.7. The van der Waals surface area contributed by atoms with Crippen molar-refractivity contribution >= 4 is 67.1 Å². The maximum Gasteiger partial charge on any atom is 1.00 e. The van der Waals surface area contributed by atoms with Crippen molar-refractivity contribution < 1.29 is 57.2 Å². The molecule has 2 N–H and O–H groups in total. The molecule has 0 saturated heterocycles. The second-order valence-electron chi connectivity index (χ2n) is 8.28. The van der Waals surface area contributed by atoms with Crippen molar-refractivity contribution in [3.8, 4) is 11.5 Å². The fourth-order valence-electron chi connectivity index (χ4n) is 3.91. The number of nitrogens with zero attached hydrogens (tertiary/aromatic N) is 2. The zero-order valence-corrected chi connectivity index (χ0v) is 26.1. The van der Waals surface area contributed by atoms with Gasteiger partial charge < -0.3 is 15.2 Å². The van der Waals surface area contributed by atoms with Crippen LogP contribution in [0.25, 0.3) is 10.8 Å². The summed E-state index contributed by atoms with van der Waals surface area (Å²) in [6, 6.07) is 15.2. The minimum atomic E-state index is -4.58. The summed E-state index contributed by atoms with van der Waals surface area (Å²) in [5.41, 5.74) is 0.463. The van der Waals surface area contributed by atoms with Crippen LogP contribution in [0.4, 0.5) is 17.1 Å². The van der Waals surface area contributed by atoms with E-state index in [9.17, 15) is 22.9 Å². The summed E-state index contributed by atoms with van der Waals surface area (Å²) in [6.45, 7) is 4.05. The molecule has 0 atom stereocenters. The van der Waals surface area contributed by atoms with Crippen LogP contribution in [-0.2, 0) is 16.5 Å². The number of amides is 1. The Bertz CT molecular complexity index is 1730. The minimum Gasteiger partial charge on any atom is -0.870 e. The topological polar surface area (TPSA) is 140 Å². The number of anilines is 1. The molecule has 1 amide bonds. The predicted octanol–water partition coefficient (Wildman–Crippen LogP) is 4.10. The summed E-state index contributed by atoms with van der Waals surface area (Å²) in [6.07, 6.45) is 0.370. The zero-order chi connectivity index (χ0) is 28.3. The molecule has 13 heteroatoms. The largest absolute Gasteiger partial charge is 1.00 e. The maximum absolute atomic E-state index is 13.5. The molecular formula is C27H22Cl2N3NaO6S. The van der Waals surface area contributed by atoms with Crippen molar-refractivity contribution in [2.45, 2.75) is 25.2 Å². The van der Waals surface area contributed by atoms with Gasteiger partial charge in [-0.15, -0.1) is 0 Å². The quantitative estimate of drug-likeness (QED) is 0.175. The second-order valence-corrected chi connectivity index (χ2v) is 10.5. The van der Waals surface area contributed by atoms with Gasteiger partial charge in [-0.3, -0.25) is 9.35 Å². The Balaban J connectivity index is 0.00000441. The van der Waals surface area contributed by atoms with Gasteiger partial charge in [0.15, 0.2) is 0 Å². The molecule has 4 rings (SSSR count). The third-order valence-electron chi connectivity index (χ3n) is 5.77. The maximum atomic E-state index is 13.5. The van der Waals surface area contributed by atoms with Crippen LogP contribution >= 0.6 is 23.2 Å². The molecule has 0 fully saturated rings. The van der Waals surface area contributed by atoms with Crippen molar-refractivity contribution in [2.75, 3.05) is 11.9 Å². The number of rotatable bonds is 8. The molecule has 0 aliphatic heterocycles. The number of carbonyl (C=O) groups excluding carboxylic acids is 1. The number of carbonyl (C=O) groups is 1. The first-order chi connectivity index (χ1) is 18.5. The van der Waals surface area contributed by atoms with Crippen LogP contribution in [0.15, 0.2) is 75.8 Å². The molecular weight excluding hydrogens is 588 g/mol. The number of benzene rings is 4. The molecule has 0 aliphatic rings. The average molecular weight is 610 g/mol. The zero-order valence-electron chi connectivity index (χ0n) is 21.7. The number of ether oxygens (including phenoxy) is 1. The van der Waals surface area contributed by atoms with Crippen molar-refractivity contribution in [3.63, 3.8) is 0 Å². The van der Waals surface area contributed by atoms with E-state index in [4.69, 9.17) is 27.9 Å². The Morgan fingerprint density at radius 2 is 1.75 bits per heavy atom. The standard InChI is InChI=1S/C27H23Cl2N3O6S.Na/c1-3-18-21(28)13-17(39(35,36)37)14-24(18)31-32-25-19-8-6-5-7-15(19)11-20(26(25)33)27(34)30-23-10-9-16(38-4-2)12-22(23)29;/h5-14,33H,3-4H2,1-2H3,(H,30,34)(H,35,36,37);/q;+1/p-1. The summed E-state index contributed by atoms with van der Waals surface area (Å²) in [5.74, 6) is -0.881. The van der Waals surface area contributed by atoms with E-state index < -0.39 is 26.7 Å². The molecule has 4 aromatic rings. The van der Waals surface area contributed by atoms with Gasteiger partial charge in [-0.2, -0.15) is 18.6 Å². The average Bonchev–Trinajstić information content (AvgIpc) is 2.88. The smallest absolute Gasteiger partial charge is 0.870 e. The van der Waals surface area contributed by atoms with E-state index in [0.717, 1.165) is 12.1 Å². The van der Waals surface area contributed by atoms with Crippen molar-refractivity contribution in [2.24, 2.45) is 10.2 Å². The van der Waals surface area contributed by atoms with Crippen molar-refractivity contribution in [1.82, 2.24) is 0 Å². The first kappa shape index (κ1) is 31.8. The van der Waals surface area contributed by atoms with Crippen LogP contribution in [0, 0.1) is 0 Å². The monoisotopic (exact) mass is 609 g/mol. The van der Waals surface area contributed by atoms with Crippen LogP contribution in [0.5, 0.6) is 11.5 Å². The molecule has 9 nitrogen and oxygen atoms in total. The van der Waals surface area contributed by atoms with Gasteiger partial charge in [-0.25, -0.2) is 0 Å². The van der Waals surface area contributed by atoms with Gasteiger partial charge in [0.1, 0.15) is 5.75 Å². The Kier molecular flexibility index (Phi) is 10.6. The van der Waals surface area contributed by atoms with E-state index in [0.29, 0.717) is 35.1 Å². The Labute approximate surface area is 263 Å². The van der Waals surface area contributed by atoms with Crippen LogP contribution < -0.4 is 44.7 Å². The van der Waals surface area contributed by atoms with Crippen LogP contribution in [0.2, 0.25) is 10.0 Å². The van der Waals surface area contributed by atoms with Crippen molar-refractivity contribution in [1.29, 1.82) is 0 Å². The Morgan fingerprint density at radius 3 is 2.40 bits per heavy atom. The normalized spacial score (nSPS) is 11.4. The van der Waals surface area contributed by atoms with Gasteiger partial charge in [0.2, 0.25) is 0 Å². The number of hydrogen-bond acceptors (Lipinski definition) is 7. The van der Waals surface area contributed by atoms with E-state index in [1.165, 1.54) is 6.07 Å². The summed E-state index contributed by atoms with van der Waals surface area (Å²) < 4.78 is 38.3. The Hall–Kier alpha value is -2.70. The summed E-state index contributed by atoms with van der Waals surface area (Å²) in [4.78, 5) is 12.7. The molecule has 0 heterocycles.